The third-order valence-corrected chi connectivity index (χ3v) is 4.84. The Balaban J connectivity index is 1.56. The van der Waals surface area contributed by atoms with E-state index < -0.39 is 6.10 Å². The molecule has 1 fully saturated rings. The maximum Gasteiger partial charge on any atom is 0.265 e. The van der Waals surface area contributed by atoms with Crippen molar-refractivity contribution in [3.8, 4) is 5.75 Å². The number of hydrogen-bond donors (Lipinski definition) is 1. The van der Waals surface area contributed by atoms with Crippen molar-refractivity contribution in [3.05, 3.63) is 54.1 Å². The predicted molar refractivity (Wildman–Crippen MR) is 107 cm³/mol. The van der Waals surface area contributed by atoms with E-state index in [4.69, 9.17) is 4.74 Å². The molecule has 0 saturated carbocycles. The molecule has 0 radical (unpaired) electrons. The first-order valence-corrected chi connectivity index (χ1v) is 9.57. The van der Waals surface area contributed by atoms with Crippen LogP contribution in [0.1, 0.15) is 38.7 Å². The third kappa shape index (κ3) is 4.78. The van der Waals surface area contributed by atoms with E-state index in [0.29, 0.717) is 0 Å². The highest BCUT2D eigenvalue weighted by atomic mass is 16.5. The number of anilines is 2. The molecule has 4 heteroatoms. The molecular formula is C22H28N2O2. The molecular weight excluding hydrogens is 324 g/mol. The third-order valence-electron chi connectivity index (χ3n) is 4.84. The molecule has 1 unspecified atom stereocenters. The van der Waals surface area contributed by atoms with Crippen LogP contribution >= 0.6 is 0 Å². The minimum Gasteiger partial charge on any atom is -0.481 e. The van der Waals surface area contributed by atoms with Gasteiger partial charge in [0.05, 0.1) is 0 Å². The van der Waals surface area contributed by atoms with E-state index in [0.717, 1.165) is 30.9 Å². The minimum absolute atomic E-state index is 0.141. The Hall–Kier alpha value is -2.49. The lowest BCUT2D eigenvalue weighted by Gasteiger charge is -2.28. The van der Waals surface area contributed by atoms with E-state index >= 15 is 0 Å². The average molecular weight is 352 g/mol. The summed E-state index contributed by atoms with van der Waals surface area (Å²) < 4.78 is 5.79. The number of hydrogen-bond acceptors (Lipinski definition) is 3. The first kappa shape index (κ1) is 18.3. The van der Waals surface area contributed by atoms with Crippen LogP contribution in [0.3, 0.4) is 0 Å². The molecule has 4 nitrogen and oxygen atoms in total. The lowest BCUT2D eigenvalue weighted by Crippen LogP contribution is -2.30. The van der Waals surface area contributed by atoms with Gasteiger partial charge in [0.1, 0.15) is 5.75 Å². The first-order valence-electron chi connectivity index (χ1n) is 9.57. The van der Waals surface area contributed by atoms with Gasteiger partial charge in [-0.15, -0.1) is 0 Å². The molecule has 138 valence electrons. The van der Waals surface area contributed by atoms with Crippen molar-refractivity contribution in [2.45, 2.75) is 45.6 Å². The molecule has 1 aliphatic heterocycles. The number of rotatable bonds is 6. The Kier molecular flexibility index (Phi) is 6.16. The summed E-state index contributed by atoms with van der Waals surface area (Å²) in [7, 11) is 0. The molecule has 1 saturated heterocycles. The van der Waals surface area contributed by atoms with Crippen molar-refractivity contribution < 1.29 is 9.53 Å². The summed E-state index contributed by atoms with van der Waals surface area (Å²) in [5.74, 6) is 0.588. The van der Waals surface area contributed by atoms with Crippen LogP contribution in [-0.2, 0) is 11.2 Å². The Morgan fingerprint density at radius 3 is 2.54 bits per heavy atom. The molecule has 1 heterocycles. The van der Waals surface area contributed by atoms with Gasteiger partial charge in [0.25, 0.3) is 5.91 Å². The number of nitrogens with one attached hydrogen (secondary N) is 1. The number of carbonyl (C=O) groups excluding carboxylic acids is 1. The van der Waals surface area contributed by atoms with Gasteiger partial charge in [-0.3, -0.25) is 4.79 Å². The largest absolute Gasteiger partial charge is 0.481 e. The van der Waals surface area contributed by atoms with Crippen LogP contribution in [0.2, 0.25) is 0 Å². The quantitative estimate of drug-likeness (QED) is 0.823. The maximum absolute atomic E-state index is 12.4. The summed E-state index contributed by atoms with van der Waals surface area (Å²) in [4.78, 5) is 14.8. The Morgan fingerprint density at radius 1 is 1.12 bits per heavy atom. The van der Waals surface area contributed by atoms with Crippen molar-refractivity contribution in [1.29, 1.82) is 0 Å². The van der Waals surface area contributed by atoms with E-state index in [2.05, 4.69) is 35.3 Å². The van der Waals surface area contributed by atoms with E-state index in [1.54, 1.807) is 6.92 Å². The van der Waals surface area contributed by atoms with Crippen LogP contribution in [0.25, 0.3) is 0 Å². The van der Waals surface area contributed by atoms with Gasteiger partial charge in [-0.25, -0.2) is 0 Å². The molecule has 1 amide bonds. The average Bonchev–Trinajstić information content (AvgIpc) is 2.69. The van der Waals surface area contributed by atoms with Gasteiger partial charge in [-0.2, -0.15) is 0 Å². The van der Waals surface area contributed by atoms with Crippen LogP contribution in [0.4, 0.5) is 11.4 Å². The summed E-state index contributed by atoms with van der Waals surface area (Å²) >= 11 is 0. The molecule has 1 atom stereocenters. The van der Waals surface area contributed by atoms with Gasteiger partial charge in [-0.1, -0.05) is 19.1 Å². The fourth-order valence-corrected chi connectivity index (χ4v) is 3.25. The second-order valence-corrected chi connectivity index (χ2v) is 6.84. The highest BCUT2D eigenvalue weighted by Gasteiger charge is 2.16. The lowest BCUT2D eigenvalue weighted by molar-refractivity contribution is -0.122. The first-order chi connectivity index (χ1) is 12.7. The van der Waals surface area contributed by atoms with Gasteiger partial charge in [-0.05, 0) is 74.6 Å². The molecule has 2 aromatic carbocycles. The van der Waals surface area contributed by atoms with Crippen LogP contribution in [0, 0.1) is 0 Å². The van der Waals surface area contributed by atoms with E-state index in [1.165, 1.54) is 30.5 Å². The fourth-order valence-electron chi connectivity index (χ4n) is 3.25. The van der Waals surface area contributed by atoms with Crippen molar-refractivity contribution >= 4 is 17.3 Å². The minimum atomic E-state index is -0.552. The predicted octanol–water partition coefficient (Wildman–Crippen LogP) is 4.65. The fraction of sp³-hybridized carbons (Fsp3) is 0.409. The summed E-state index contributed by atoms with van der Waals surface area (Å²) in [6.45, 7) is 6.11. The van der Waals surface area contributed by atoms with Crippen molar-refractivity contribution in [2.24, 2.45) is 0 Å². The van der Waals surface area contributed by atoms with E-state index in [1.807, 2.05) is 30.3 Å². The van der Waals surface area contributed by atoms with E-state index in [9.17, 15) is 4.79 Å². The number of amides is 1. The van der Waals surface area contributed by atoms with Gasteiger partial charge < -0.3 is 15.0 Å². The normalized spacial score (nSPS) is 15.4. The Morgan fingerprint density at radius 2 is 1.85 bits per heavy atom. The molecule has 26 heavy (non-hydrogen) atoms. The zero-order valence-corrected chi connectivity index (χ0v) is 15.7. The highest BCUT2D eigenvalue weighted by molar-refractivity contribution is 5.94. The summed E-state index contributed by atoms with van der Waals surface area (Å²) in [6, 6.07) is 16.0. The number of aryl methyl sites for hydroxylation is 1. The van der Waals surface area contributed by atoms with Gasteiger partial charge in [0.15, 0.2) is 6.10 Å². The van der Waals surface area contributed by atoms with Crippen LogP contribution in [0.5, 0.6) is 5.75 Å². The second kappa shape index (κ2) is 8.75. The molecule has 0 aromatic heterocycles. The summed E-state index contributed by atoms with van der Waals surface area (Å²) in [5, 5.41) is 2.94. The lowest BCUT2D eigenvalue weighted by atomic mass is 10.1. The van der Waals surface area contributed by atoms with Gasteiger partial charge >= 0.3 is 0 Å². The standard InChI is InChI=1S/C22H28N2O2/c1-3-18-8-7-9-21(16-18)26-17(2)22(25)23-19-10-12-20(13-11-19)24-14-5-4-6-15-24/h7-13,16-17H,3-6,14-15H2,1-2H3,(H,23,25). The molecule has 3 rings (SSSR count). The molecule has 0 aliphatic carbocycles. The van der Waals surface area contributed by atoms with Crippen molar-refractivity contribution in [2.75, 3.05) is 23.3 Å². The number of benzene rings is 2. The molecule has 1 N–H and O–H groups in total. The highest BCUT2D eigenvalue weighted by Crippen LogP contribution is 2.22. The van der Waals surface area contributed by atoms with Crippen molar-refractivity contribution in [3.63, 3.8) is 0 Å². The molecule has 0 bridgehead atoms. The Labute approximate surface area is 156 Å². The van der Waals surface area contributed by atoms with Crippen LogP contribution in [-0.4, -0.2) is 25.1 Å². The number of ether oxygens (including phenoxy) is 1. The summed E-state index contributed by atoms with van der Waals surface area (Å²) in [6.07, 6.45) is 4.23. The molecule has 2 aromatic rings. The van der Waals surface area contributed by atoms with Crippen molar-refractivity contribution in [1.82, 2.24) is 0 Å². The second-order valence-electron chi connectivity index (χ2n) is 6.84. The number of carbonyl (C=O) groups is 1. The number of nitrogens with zero attached hydrogens (tertiary/aromatic N) is 1. The zero-order valence-electron chi connectivity index (χ0n) is 15.7. The molecule has 0 spiro atoms. The topological polar surface area (TPSA) is 41.6 Å². The van der Waals surface area contributed by atoms with Gasteiger partial charge in [0, 0.05) is 24.5 Å². The van der Waals surface area contributed by atoms with Crippen LogP contribution < -0.4 is 15.0 Å². The van der Waals surface area contributed by atoms with Gasteiger partial charge in [0.2, 0.25) is 0 Å². The Bertz CT molecular complexity index is 721. The van der Waals surface area contributed by atoms with E-state index in [-0.39, 0.29) is 5.91 Å². The van der Waals surface area contributed by atoms with Crippen LogP contribution in [0.15, 0.2) is 48.5 Å². The summed E-state index contributed by atoms with van der Waals surface area (Å²) in [5.41, 5.74) is 3.22. The zero-order chi connectivity index (χ0) is 18.4. The SMILES string of the molecule is CCc1cccc(OC(C)C(=O)Nc2ccc(N3CCCCC3)cc2)c1. The smallest absolute Gasteiger partial charge is 0.265 e. The number of piperidine rings is 1. The monoisotopic (exact) mass is 352 g/mol. The molecule has 1 aliphatic rings. The maximum atomic E-state index is 12.4.